The molecule has 26 nitrogen and oxygen atoms in total. The van der Waals surface area contributed by atoms with Crippen molar-refractivity contribution in [2.24, 2.45) is 0 Å². The number of hydrogen-bond acceptors (Lipinski definition) is 13. The summed E-state index contributed by atoms with van der Waals surface area (Å²) in [6.07, 6.45) is -3.11. The lowest BCUT2D eigenvalue weighted by Gasteiger charge is -2.24. The van der Waals surface area contributed by atoms with Gasteiger partial charge >= 0.3 is 41.8 Å². The fourth-order valence-corrected chi connectivity index (χ4v) is 7.37. The van der Waals surface area contributed by atoms with Crippen LogP contribution in [-0.2, 0) is 60.8 Å². The Kier molecular flexibility index (Phi) is 26.1. The summed E-state index contributed by atoms with van der Waals surface area (Å²) in [5.74, 6) is -12.3. The van der Waals surface area contributed by atoms with Gasteiger partial charge < -0.3 is 72.6 Å². The molecule has 3 rings (SSSR count). The predicted molar refractivity (Wildman–Crippen MR) is 272 cm³/mol. The molecule has 0 fully saturated rings. The van der Waals surface area contributed by atoms with Crippen molar-refractivity contribution in [1.82, 2.24) is 37.2 Å². The topological polar surface area (TPSA) is 420 Å². The van der Waals surface area contributed by atoms with Crippen LogP contribution in [0.15, 0.2) is 78.9 Å². The average Bonchev–Trinajstić information content (AvgIpc) is 3.36. The Hall–Kier alpha value is -8.37. The third kappa shape index (κ3) is 23.7. The highest BCUT2D eigenvalue weighted by Crippen LogP contribution is 2.15. The lowest BCUT2D eigenvalue weighted by Crippen LogP contribution is -2.56. The van der Waals surface area contributed by atoms with Crippen molar-refractivity contribution in [2.75, 3.05) is 13.2 Å². The number of rotatable bonds is 34. The van der Waals surface area contributed by atoms with Crippen molar-refractivity contribution in [3.05, 3.63) is 99.1 Å². The summed E-state index contributed by atoms with van der Waals surface area (Å²) in [7, 11) is 0. The van der Waals surface area contributed by atoms with E-state index in [0.717, 1.165) is 3.57 Å². The summed E-state index contributed by atoms with van der Waals surface area (Å²) < 4.78 is 6.42. The summed E-state index contributed by atoms with van der Waals surface area (Å²) >= 11 is 2.02. The van der Waals surface area contributed by atoms with E-state index in [0.29, 0.717) is 11.1 Å². The zero-order chi connectivity index (χ0) is 56.3. The molecule has 0 saturated heterocycles. The SMILES string of the molecule is O=C(O)CC[C@H](NC(=O)N[C@@H](CCCCNC(=O)[C@H](Cc1ccccc1)NC(=O)COc1ccc(C[C@H](NC(=O)[C@H](CCC(=O)O)NC(=O)[C@H](CCC(=O)O)NC(=O)c2ccc([125I])cc2)C(=O)O)cc1)C(=O)O)C(=O)O. The molecule has 0 unspecified atom stereocenters. The highest BCUT2D eigenvalue weighted by atomic mass is 125. The van der Waals surface area contributed by atoms with Gasteiger partial charge in [0.15, 0.2) is 6.61 Å². The summed E-state index contributed by atoms with van der Waals surface area (Å²) in [4.78, 5) is 148. The van der Waals surface area contributed by atoms with Crippen LogP contribution in [-0.4, -0.2) is 151 Å². The van der Waals surface area contributed by atoms with Crippen LogP contribution in [0, 0.1) is 3.57 Å². The molecular weight excluding hydrogens is 1120 g/mol. The summed E-state index contributed by atoms with van der Waals surface area (Å²) in [6, 6.07) is 10.6. The molecule has 3 aromatic rings. The van der Waals surface area contributed by atoms with Crippen LogP contribution in [0.3, 0.4) is 0 Å². The van der Waals surface area contributed by atoms with Crippen molar-refractivity contribution >= 4 is 94.0 Å². The number of aliphatic carboxylic acids is 6. The van der Waals surface area contributed by atoms with E-state index in [9.17, 15) is 83.1 Å². The molecule has 27 heteroatoms. The predicted octanol–water partition coefficient (Wildman–Crippen LogP) is 0.879. The van der Waals surface area contributed by atoms with E-state index in [4.69, 9.17) is 9.84 Å². The zero-order valence-electron chi connectivity index (χ0n) is 40.5. The number of halogens is 1. The standard InChI is InChI=1S/C49H58IN7O19/c50-30-13-11-29(12-14-30)42(65)53-32(17-20-39(59)60)44(67)54-33(18-21-40(61)62)45(68)55-37(48(73)74)25-28-9-15-31(16-10-28)76-26-38(58)52-36(24-27-6-2-1-3-7-27)43(66)51-23-5-4-8-34(46(69)70)56-49(75)57-35(47(71)72)19-22-41(63)64/h1-3,6-7,9-16,32-37H,4-5,8,17-26H2,(H,51,66)(H,52,58)(H,53,65)(H,54,67)(H,55,68)(H,59,60)(H,61,62)(H,63,64)(H,69,70)(H,71,72)(H,73,74)(H2,56,57,75)/t32-,33-,34-,35-,36-,37-/m0/s1/i50-2. The lowest BCUT2D eigenvalue weighted by molar-refractivity contribution is -0.143. The van der Waals surface area contributed by atoms with Gasteiger partial charge in [-0.15, -0.1) is 0 Å². The van der Waals surface area contributed by atoms with Crippen molar-refractivity contribution in [3.8, 4) is 5.75 Å². The van der Waals surface area contributed by atoms with Crippen molar-refractivity contribution in [2.45, 2.75) is 107 Å². The number of amides is 7. The first-order valence-electron chi connectivity index (χ1n) is 23.4. The number of ether oxygens (including phenoxy) is 1. The molecule has 3 aromatic carbocycles. The molecule has 7 amide bonds. The van der Waals surface area contributed by atoms with E-state index >= 15 is 0 Å². The molecule has 0 radical (unpaired) electrons. The van der Waals surface area contributed by atoms with E-state index < -0.39 is 153 Å². The van der Waals surface area contributed by atoms with E-state index in [1.165, 1.54) is 36.4 Å². The lowest BCUT2D eigenvalue weighted by atomic mass is 10.0. The molecule has 0 aliphatic carbocycles. The molecule has 0 aromatic heterocycles. The molecular formula is C49H58IN7O19. The Balaban J connectivity index is 1.59. The van der Waals surface area contributed by atoms with E-state index in [2.05, 4.69) is 31.9 Å². The quantitative estimate of drug-likeness (QED) is 0.0291. The first-order chi connectivity index (χ1) is 36.0. The first-order valence-corrected chi connectivity index (χ1v) is 24.5. The fraction of sp³-hybridized carbons (Fsp3) is 0.388. The number of urea groups is 1. The van der Waals surface area contributed by atoms with Crippen LogP contribution in [0.25, 0.3) is 0 Å². The highest BCUT2D eigenvalue weighted by Gasteiger charge is 2.31. The van der Waals surface area contributed by atoms with Crippen molar-refractivity contribution in [3.63, 3.8) is 0 Å². The Labute approximate surface area is 447 Å². The van der Waals surface area contributed by atoms with Crippen molar-refractivity contribution in [1.29, 1.82) is 0 Å². The molecule has 6 atom stereocenters. The Morgan fingerprint density at radius 1 is 0.461 bits per heavy atom. The molecule has 0 aliphatic heterocycles. The molecule has 0 bridgehead atoms. The Bertz CT molecular complexity index is 2530. The van der Waals surface area contributed by atoms with E-state index in [-0.39, 0.29) is 50.0 Å². The Morgan fingerprint density at radius 2 is 0.934 bits per heavy atom. The van der Waals surface area contributed by atoms with Gasteiger partial charge in [-0.25, -0.2) is 19.2 Å². The second-order valence-electron chi connectivity index (χ2n) is 16.9. The zero-order valence-corrected chi connectivity index (χ0v) is 42.7. The summed E-state index contributed by atoms with van der Waals surface area (Å²) in [5.41, 5.74) is 1.19. The van der Waals surface area contributed by atoms with Gasteiger partial charge in [0, 0.05) is 47.8 Å². The van der Waals surface area contributed by atoms with Gasteiger partial charge in [0.2, 0.25) is 17.7 Å². The smallest absolute Gasteiger partial charge is 0.326 e. The number of carboxylic acid groups (broad SMARTS) is 6. The van der Waals surface area contributed by atoms with E-state index in [1.807, 2.05) is 27.9 Å². The van der Waals surface area contributed by atoms with Crippen LogP contribution >= 0.6 is 22.6 Å². The molecule has 76 heavy (non-hydrogen) atoms. The second-order valence-corrected chi connectivity index (χ2v) is 18.2. The minimum absolute atomic E-state index is 0.0264. The number of unbranched alkanes of at least 4 members (excludes halogenated alkanes) is 1. The van der Waals surface area contributed by atoms with Crippen LogP contribution in [0.4, 0.5) is 4.79 Å². The molecule has 0 heterocycles. The molecule has 13 N–H and O–H groups in total. The maximum atomic E-state index is 13.5. The van der Waals surface area contributed by atoms with Gasteiger partial charge in [0.25, 0.3) is 11.8 Å². The van der Waals surface area contributed by atoms with Crippen molar-refractivity contribution < 1.29 is 92.9 Å². The Morgan fingerprint density at radius 3 is 1.46 bits per heavy atom. The largest absolute Gasteiger partial charge is 0.484 e. The normalized spacial score (nSPS) is 13.1. The van der Waals surface area contributed by atoms with E-state index in [1.54, 1.807) is 42.5 Å². The molecule has 0 saturated carbocycles. The molecule has 0 aliphatic rings. The van der Waals surface area contributed by atoms with Gasteiger partial charge in [-0.05, 0) is 109 Å². The number of benzene rings is 3. The van der Waals surface area contributed by atoms with Gasteiger partial charge in [0.05, 0.1) is 0 Å². The maximum absolute atomic E-state index is 13.5. The fourth-order valence-electron chi connectivity index (χ4n) is 7.01. The summed E-state index contributed by atoms with van der Waals surface area (Å²) in [5, 5.41) is 72.9. The minimum atomic E-state index is -1.63. The van der Waals surface area contributed by atoms with Gasteiger partial charge in [-0.1, -0.05) is 42.5 Å². The summed E-state index contributed by atoms with van der Waals surface area (Å²) in [6.45, 7) is -0.551. The third-order valence-electron chi connectivity index (χ3n) is 11.0. The van der Waals surface area contributed by atoms with Crippen LogP contribution in [0.5, 0.6) is 5.75 Å². The number of carbonyl (C=O) groups excluding carboxylic acids is 6. The third-order valence-corrected chi connectivity index (χ3v) is 11.7. The van der Waals surface area contributed by atoms with Crippen LogP contribution < -0.4 is 42.0 Å². The monoisotopic (exact) mass is 1170 g/mol. The minimum Gasteiger partial charge on any atom is -0.484 e. The number of carbonyl (C=O) groups is 12. The van der Waals surface area contributed by atoms with Gasteiger partial charge in [-0.2, -0.15) is 0 Å². The molecule has 0 spiro atoms. The number of hydrogen-bond donors (Lipinski definition) is 13. The average molecular weight is 1170 g/mol. The van der Waals surface area contributed by atoms with Crippen LogP contribution in [0.1, 0.15) is 79.3 Å². The number of carboxylic acids is 6. The number of nitrogens with one attached hydrogen (secondary N) is 7. The second kappa shape index (κ2) is 32.0. The molecule has 410 valence electrons. The maximum Gasteiger partial charge on any atom is 0.326 e. The van der Waals surface area contributed by atoms with Gasteiger partial charge in [-0.3, -0.25) is 38.4 Å². The van der Waals surface area contributed by atoms with Crippen LogP contribution in [0.2, 0.25) is 0 Å². The highest BCUT2D eigenvalue weighted by molar-refractivity contribution is 14.1. The van der Waals surface area contributed by atoms with Gasteiger partial charge in [0.1, 0.15) is 42.0 Å². The first kappa shape index (κ1) is 61.9.